The van der Waals surface area contributed by atoms with Crippen molar-refractivity contribution in [1.82, 2.24) is 36.1 Å². The Labute approximate surface area is 409 Å². The van der Waals surface area contributed by atoms with Gasteiger partial charge in [0.2, 0.25) is 23.6 Å². The summed E-state index contributed by atoms with van der Waals surface area (Å²) in [4.78, 5) is 83.9. The van der Waals surface area contributed by atoms with E-state index in [1.54, 1.807) is 50.2 Å². The van der Waals surface area contributed by atoms with Crippen LogP contribution >= 0.6 is 0 Å². The molecule has 19 heteroatoms. The minimum atomic E-state index is -1.41. The molecule has 3 unspecified atom stereocenters. The number of hydrogen-bond donors (Lipinski definition) is 7. The average molecular weight is 959 g/mol. The number of nitriles is 1. The number of amides is 5. The molecule has 4 aromatic rings. The molecular weight excluding hydrogens is 893 g/mol. The van der Waals surface area contributed by atoms with Gasteiger partial charge in [0.1, 0.15) is 55.4 Å². The van der Waals surface area contributed by atoms with Gasteiger partial charge in [-0.3, -0.25) is 24.0 Å². The molecule has 6 atom stereocenters. The highest BCUT2D eigenvalue weighted by Crippen LogP contribution is 2.40. The fourth-order valence-corrected chi connectivity index (χ4v) is 9.23. The van der Waals surface area contributed by atoms with Crippen molar-refractivity contribution < 1.29 is 33.4 Å². The number of likely N-dealkylation sites (N-methyl/N-ethyl adjacent to an activating group) is 1. The van der Waals surface area contributed by atoms with Crippen LogP contribution in [0.25, 0.3) is 22.5 Å². The van der Waals surface area contributed by atoms with E-state index >= 15 is 0 Å². The van der Waals surface area contributed by atoms with Gasteiger partial charge in [-0.1, -0.05) is 26.0 Å². The van der Waals surface area contributed by atoms with Gasteiger partial charge in [0.25, 0.3) is 5.91 Å². The van der Waals surface area contributed by atoms with Gasteiger partial charge < -0.3 is 57.7 Å². The highest BCUT2D eigenvalue weighted by atomic mass is 16.5. The summed E-state index contributed by atoms with van der Waals surface area (Å²) in [6.45, 7) is 11.8. The number of hydrogen-bond acceptors (Lipinski definition) is 14. The number of nitrogens with two attached hydrogens (primary N) is 3. The first-order chi connectivity index (χ1) is 33.6. The van der Waals surface area contributed by atoms with E-state index in [0.717, 1.165) is 24.3 Å². The molecule has 4 bridgehead atoms. The van der Waals surface area contributed by atoms with Crippen molar-refractivity contribution in [3.63, 3.8) is 0 Å². The van der Waals surface area contributed by atoms with Crippen LogP contribution in [-0.2, 0) is 25.6 Å². The van der Waals surface area contributed by atoms with E-state index in [-0.39, 0.29) is 57.8 Å². The van der Waals surface area contributed by atoms with Crippen LogP contribution in [0.15, 0.2) is 60.7 Å². The van der Waals surface area contributed by atoms with Crippen LogP contribution < -0.4 is 52.8 Å². The third kappa shape index (κ3) is 12.5. The molecule has 3 aromatic carbocycles. The summed E-state index contributed by atoms with van der Waals surface area (Å²) < 4.78 is 12.2. The molecule has 19 nitrogen and oxygen atoms in total. The average Bonchev–Trinajstić information content (AvgIpc) is 3.33. The molecule has 0 aliphatic carbocycles. The zero-order valence-electron chi connectivity index (χ0n) is 40.8. The maximum Gasteiger partial charge on any atom is 0.255 e. The zero-order valence-corrected chi connectivity index (χ0v) is 40.8. The molecular formula is C51H66N12O7. The predicted octanol–water partition coefficient (Wildman–Crippen LogP) is 2.42. The molecule has 1 aromatic heterocycles. The first-order valence-corrected chi connectivity index (χ1v) is 23.7. The van der Waals surface area contributed by atoms with E-state index in [4.69, 9.17) is 36.6 Å². The molecule has 10 N–H and O–H groups in total. The summed E-state index contributed by atoms with van der Waals surface area (Å²) in [5.74, 6) is -0.898. The number of fused-ring (bicyclic) bond motifs is 5. The van der Waals surface area contributed by atoms with Crippen LogP contribution in [0.4, 0.5) is 5.69 Å². The molecule has 6 rings (SSSR count). The van der Waals surface area contributed by atoms with E-state index in [9.17, 15) is 29.2 Å². The van der Waals surface area contributed by atoms with Crippen LogP contribution in [0.3, 0.4) is 0 Å². The minimum absolute atomic E-state index is 0.000396. The van der Waals surface area contributed by atoms with Crippen LogP contribution in [0.1, 0.15) is 72.5 Å². The molecule has 1 fully saturated rings. The fourth-order valence-electron chi connectivity index (χ4n) is 9.23. The maximum atomic E-state index is 14.8. The van der Waals surface area contributed by atoms with Gasteiger partial charge in [-0.2, -0.15) is 5.26 Å². The summed E-state index contributed by atoms with van der Waals surface area (Å²) in [6, 6.07) is 15.2. The maximum absolute atomic E-state index is 14.8. The largest absolute Gasteiger partial charge is 0.492 e. The van der Waals surface area contributed by atoms with Crippen molar-refractivity contribution in [3.05, 3.63) is 88.7 Å². The Balaban J connectivity index is 1.35. The lowest BCUT2D eigenvalue weighted by Gasteiger charge is -2.36. The summed E-state index contributed by atoms with van der Waals surface area (Å²) in [5.41, 5.74) is 22.6. The number of aromatic nitrogens is 2. The fraction of sp³-hybridized carbons (Fsp3) is 0.451. The number of ether oxygens (including phenoxy) is 2. The minimum Gasteiger partial charge on any atom is -0.492 e. The van der Waals surface area contributed by atoms with Crippen LogP contribution in [0.2, 0.25) is 0 Å². The number of carbonyl (C=O) groups is 5. The number of carbonyl (C=O) groups excluding carboxylic acids is 5. The molecule has 3 heterocycles. The molecule has 0 saturated carbocycles. The quantitative estimate of drug-likeness (QED) is 0.0795. The first kappa shape index (κ1) is 52.2. The molecule has 5 amide bonds. The first-order valence-electron chi connectivity index (χ1n) is 23.7. The second-order valence-corrected chi connectivity index (χ2v) is 18.2. The van der Waals surface area contributed by atoms with E-state index in [1.807, 2.05) is 18.2 Å². The number of aryl methyl sites for hydroxylation is 2. The Morgan fingerprint density at radius 3 is 2.07 bits per heavy atom. The Bertz CT molecular complexity index is 2550. The second-order valence-electron chi connectivity index (χ2n) is 18.2. The Kier molecular flexibility index (Phi) is 17.9. The number of anilines is 1. The molecule has 2 aliphatic rings. The Hall–Kier alpha value is -7.14. The van der Waals surface area contributed by atoms with Crippen LogP contribution in [0, 0.1) is 37.0 Å². The van der Waals surface area contributed by atoms with Crippen molar-refractivity contribution in [1.29, 1.82) is 5.26 Å². The lowest BCUT2D eigenvalue weighted by atomic mass is 9.91. The van der Waals surface area contributed by atoms with Gasteiger partial charge in [-0.25, -0.2) is 9.97 Å². The third-order valence-corrected chi connectivity index (χ3v) is 12.5. The summed E-state index contributed by atoms with van der Waals surface area (Å²) in [5, 5.41) is 20.0. The van der Waals surface area contributed by atoms with Gasteiger partial charge in [-0.15, -0.1) is 0 Å². The Morgan fingerprint density at radius 2 is 1.47 bits per heavy atom. The number of nitrogens with zero attached hydrogens (tertiary/aromatic N) is 5. The van der Waals surface area contributed by atoms with E-state index < -0.39 is 53.7 Å². The summed E-state index contributed by atoms with van der Waals surface area (Å²) in [7, 11) is 1.42. The monoisotopic (exact) mass is 959 g/mol. The summed E-state index contributed by atoms with van der Waals surface area (Å²) in [6.07, 6.45) is 1.21. The van der Waals surface area contributed by atoms with Crippen molar-refractivity contribution in [2.24, 2.45) is 29.0 Å². The smallest absolute Gasteiger partial charge is 0.255 e. The zero-order chi connectivity index (χ0) is 50.6. The number of piperidine rings is 1. The molecule has 0 radical (unpaired) electrons. The van der Waals surface area contributed by atoms with Gasteiger partial charge in [0.05, 0.1) is 23.0 Å². The van der Waals surface area contributed by atoms with Crippen LogP contribution in [-0.4, -0.2) is 122 Å². The number of rotatable bonds is 16. The van der Waals surface area contributed by atoms with Gasteiger partial charge in [0.15, 0.2) is 5.82 Å². The molecule has 1 saturated heterocycles. The van der Waals surface area contributed by atoms with E-state index in [2.05, 4.69) is 52.1 Å². The second kappa shape index (κ2) is 23.9. The molecule has 372 valence electrons. The van der Waals surface area contributed by atoms with Gasteiger partial charge in [-0.05, 0) is 112 Å². The van der Waals surface area contributed by atoms with Gasteiger partial charge >= 0.3 is 0 Å². The Morgan fingerprint density at radius 1 is 0.857 bits per heavy atom. The highest BCUT2D eigenvalue weighted by Gasteiger charge is 2.36. The molecule has 70 heavy (non-hydrogen) atoms. The van der Waals surface area contributed by atoms with Crippen LogP contribution in [0.5, 0.6) is 11.5 Å². The summed E-state index contributed by atoms with van der Waals surface area (Å²) >= 11 is 0. The molecule has 2 aliphatic heterocycles. The van der Waals surface area contributed by atoms with Crippen molar-refractivity contribution >= 4 is 35.2 Å². The standard InChI is InChI=1S/C51H66N12O7/c1-29-23-30(2)28-63(27-29)37-11-8-35(9-12-37)46-57-31(3)44(32(4)58-46)49(66)60-40(15-16-52)51(68)62(6)45-36-10-14-43(70-22-19-55)39(26-36)38-24-34(7-13-42(38)69-21-18-54)25-41(48(65)56-20-17-53)61-47(64)33(5)59-50(45)67/h7-14,24,26,29-30,33,40-41,45H,15-16,18-23,25,27-28,52,54-55H2,1-6H3,(H,56,65)(H,59,67)(H,60,66)(H,61,64)/t29?,30?,33-,40?,41-,45-/m0/s1. The normalized spacial score (nSPS) is 19.6. The topological polar surface area (TPSA) is 286 Å². The lowest BCUT2D eigenvalue weighted by Crippen LogP contribution is -2.56. The predicted molar refractivity (Wildman–Crippen MR) is 265 cm³/mol. The highest BCUT2D eigenvalue weighted by molar-refractivity contribution is 6.00. The van der Waals surface area contributed by atoms with Crippen molar-refractivity contribution in [2.75, 3.05) is 64.4 Å². The van der Waals surface area contributed by atoms with Crippen molar-refractivity contribution in [2.45, 2.75) is 78.0 Å². The third-order valence-electron chi connectivity index (χ3n) is 12.5. The van der Waals surface area contributed by atoms with E-state index in [0.29, 0.717) is 62.8 Å². The molecule has 0 spiro atoms. The van der Waals surface area contributed by atoms with E-state index in [1.165, 1.54) is 25.3 Å². The number of benzene rings is 3. The SMILES string of the molecule is Cc1nc(-c2ccc(N3CC(C)CC(C)C3)cc2)nc(C)c1C(=O)NC(CCN)C(=O)N(C)[C@@H]1C(=O)N[C@@H](C)C(=O)N[C@H](C(=O)NCC#N)Cc2ccc(OCCN)c(c2)-c2cc1ccc2OCCN. The lowest BCUT2D eigenvalue weighted by molar-refractivity contribution is -0.141. The number of nitrogens with one attached hydrogen (secondary N) is 4. The van der Waals surface area contributed by atoms with Gasteiger partial charge in [0, 0.05) is 62.0 Å². The van der Waals surface area contributed by atoms with Crippen molar-refractivity contribution in [3.8, 4) is 40.1 Å².